The van der Waals surface area contributed by atoms with E-state index in [0.717, 1.165) is 19.1 Å². The number of unbranched alkanes of at least 4 members (excludes halogenated alkanes) is 8. The van der Waals surface area contributed by atoms with E-state index in [2.05, 4.69) is 27.7 Å². The van der Waals surface area contributed by atoms with Crippen LogP contribution in [0.2, 0.25) is 0 Å². The fourth-order valence-electron chi connectivity index (χ4n) is 3.37. The van der Waals surface area contributed by atoms with Gasteiger partial charge in [0.2, 0.25) is 0 Å². The number of aliphatic hydroxyl groups excluding tert-OH is 1. The molecule has 0 unspecified atom stereocenters. The van der Waals surface area contributed by atoms with Crippen LogP contribution < -0.4 is 0 Å². The molecule has 0 saturated carbocycles. The van der Waals surface area contributed by atoms with Gasteiger partial charge in [0.15, 0.2) is 6.29 Å². The van der Waals surface area contributed by atoms with E-state index in [1.54, 1.807) is 0 Å². The van der Waals surface area contributed by atoms with E-state index in [1.165, 1.54) is 57.8 Å². The zero-order valence-electron chi connectivity index (χ0n) is 16.6. The van der Waals surface area contributed by atoms with E-state index >= 15 is 0 Å². The molecule has 0 aromatic rings. The smallest absolute Gasteiger partial charge is 0.151 e. The summed E-state index contributed by atoms with van der Waals surface area (Å²) in [5.41, 5.74) is 0.216. The summed E-state index contributed by atoms with van der Waals surface area (Å²) in [5, 5.41) is 18.1. The molecule has 3 heteroatoms. The van der Waals surface area contributed by atoms with Gasteiger partial charge in [0, 0.05) is 12.8 Å². The van der Waals surface area contributed by atoms with Crippen LogP contribution in [0.1, 0.15) is 111 Å². The largest absolute Gasteiger partial charge is 0.368 e. The molecule has 0 heterocycles. The zero-order valence-corrected chi connectivity index (χ0v) is 16.6. The Morgan fingerprint density at radius 1 is 0.708 bits per heavy atom. The quantitative estimate of drug-likeness (QED) is 0.217. The van der Waals surface area contributed by atoms with Crippen molar-refractivity contribution in [3.8, 4) is 0 Å². The van der Waals surface area contributed by atoms with Crippen molar-refractivity contribution in [1.82, 2.24) is 0 Å². The Morgan fingerprint density at radius 2 is 1.08 bits per heavy atom. The highest BCUT2D eigenvalue weighted by molar-refractivity contribution is 5.50. The van der Waals surface area contributed by atoms with Gasteiger partial charge in [-0.05, 0) is 23.7 Å². The van der Waals surface area contributed by atoms with Crippen molar-refractivity contribution in [2.75, 3.05) is 0 Å². The van der Waals surface area contributed by atoms with Crippen molar-refractivity contribution < 1.29 is 15.0 Å². The number of carbonyl (C=O) groups excluding carboxylic acids is 1. The molecule has 0 bridgehead atoms. The van der Waals surface area contributed by atoms with Crippen molar-refractivity contribution in [1.29, 1.82) is 0 Å². The topological polar surface area (TPSA) is 57.5 Å². The third-order valence-electron chi connectivity index (χ3n) is 5.08. The average Bonchev–Trinajstić information content (AvgIpc) is 2.43. The number of carbonyl (C=O) groups is 1. The minimum atomic E-state index is -1.18. The van der Waals surface area contributed by atoms with Crippen LogP contribution in [0.3, 0.4) is 0 Å². The Balaban J connectivity index is 3.39. The van der Waals surface area contributed by atoms with Gasteiger partial charge >= 0.3 is 0 Å². The van der Waals surface area contributed by atoms with Gasteiger partial charge in [-0.3, -0.25) is 0 Å². The van der Waals surface area contributed by atoms with Crippen molar-refractivity contribution >= 4 is 6.29 Å². The maximum atomic E-state index is 10.6. The van der Waals surface area contributed by atoms with Crippen molar-refractivity contribution in [3.63, 3.8) is 0 Å². The van der Waals surface area contributed by atoms with Gasteiger partial charge in [-0.2, -0.15) is 0 Å². The molecule has 0 aliphatic heterocycles. The van der Waals surface area contributed by atoms with E-state index in [0.29, 0.717) is 12.8 Å². The third-order valence-corrected chi connectivity index (χ3v) is 5.08. The van der Waals surface area contributed by atoms with Crippen LogP contribution in [0.25, 0.3) is 0 Å². The van der Waals surface area contributed by atoms with Gasteiger partial charge in [0.25, 0.3) is 0 Å². The lowest BCUT2D eigenvalue weighted by atomic mass is 9.83. The first-order valence-corrected chi connectivity index (χ1v) is 9.98. The van der Waals surface area contributed by atoms with Gasteiger partial charge in [-0.15, -0.1) is 0 Å². The van der Waals surface area contributed by atoms with E-state index < -0.39 is 6.29 Å². The second-order valence-corrected chi connectivity index (χ2v) is 9.07. The Kier molecular flexibility index (Phi) is 12.7. The molecular weight excluding hydrogens is 300 g/mol. The predicted octanol–water partition coefficient (Wildman–Crippen LogP) is 5.62. The van der Waals surface area contributed by atoms with Crippen LogP contribution in [-0.4, -0.2) is 22.8 Å². The van der Waals surface area contributed by atoms with Crippen LogP contribution in [-0.2, 0) is 4.79 Å². The molecule has 144 valence electrons. The molecule has 0 rings (SSSR count). The summed E-state index contributed by atoms with van der Waals surface area (Å²) in [4.78, 5) is 10.6. The molecule has 0 aromatic carbocycles. The molecule has 0 aliphatic rings. The minimum Gasteiger partial charge on any atom is -0.368 e. The number of aldehydes is 1. The lowest BCUT2D eigenvalue weighted by Gasteiger charge is -2.25. The summed E-state index contributed by atoms with van der Waals surface area (Å²) in [6.07, 6.45) is 14.8. The zero-order chi connectivity index (χ0) is 18.5. The molecule has 0 spiro atoms. The molecule has 0 amide bonds. The second kappa shape index (κ2) is 12.9. The average molecular weight is 343 g/mol. The number of hydrogen-bond donors (Lipinski definition) is 2. The molecule has 0 aromatic heterocycles. The van der Waals surface area contributed by atoms with E-state index in [-0.39, 0.29) is 10.8 Å². The van der Waals surface area contributed by atoms with Crippen LogP contribution in [0.4, 0.5) is 0 Å². The summed E-state index contributed by atoms with van der Waals surface area (Å²) >= 11 is 0. The maximum absolute atomic E-state index is 10.6. The first kappa shape index (κ1) is 23.6. The number of hydrogen-bond acceptors (Lipinski definition) is 3. The molecule has 0 radical (unpaired) electrons. The van der Waals surface area contributed by atoms with Crippen molar-refractivity contribution in [3.05, 3.63) is 0 Å². The second-order valence-electron chi connectivity index (χ2n) is 9.07. The molecule has 0 saturated heterocycles. The summed E-state index contributed by atoms with van der Waals surface area (Å²) in [5.74, 6) is 0. The standard InChI is InChI=1S/C21H42O3/c1-20(2,16-17-22)14-12-10-8-6-5-7-9-11-13-15-21(3,4)18-19(23)24/h17,19,23-24H,5-16,18H2,1-4H3. The van der Waals surface area contributed by atoms with Crippen LogP contribution in [0, 0.1) is 10.8 Å². The van der Waals surface area contributed by atoms with Crippen LogP contribution in [0.5, 0.6) is 0 Å². The Labute approximate surface area is 150 Å². The predicted molar refractivity (Wildman–Crippen MR) is 102 cm³/mol. The lowest BCUT2D eigenvalue weighted by Crippen LogP contribution is -2.20. The fraction of sp³-hybridized carbons (Fsp3) is 0.952. The number of rotatable bonds is 16. The van der Waals surface area contributed by atoms with Gasteiger partial charge in [0.1, 0.15) is 6.29 Å². The maximum Gasteiger partial charge on any atom is 0.151 e. The first-order chi connectivity index (χ1) is 11.2. The third kappa shape index (κ3) is 15.1. The molecule has 0 aliphatic carbocycles. The van der Waals surface area contributed by atoms with Crippen LogP contribution in [0.15, 0.2) is 0 Å². The fourth-order valence-corrected chi connectivity index (χ4v) is 3.37. The molecule has 3 nitrogen and oxygen atoms in total. The van der Waals surface area contributed by atoms with Gasteiger partial charge in [-0.1, -0.05) is 85.5 Å². The summed E-state index contributed by atoms with van der Waals surface area (Å²) in [6, 6.07) is 0. The normalized spacial score (nSPS) is 12.8. The SMILES string of the molecule is CC(C)(CC=O)CCCCCCCCCCCC(C)(C)CC(O)O. The van der Waals surface area contributed by atoms with Crippen LogP contribution >= 0.6 is 0 Å². The highest BCUT2D eigenvalue weighted by Gasteiger charge is 2.20. The molecule has 24 heavy (non-hydrogen) atoms. The molecule has 0 atom stereocenters. The summed E-state index contributed by atoms with van der Waals surface area (Å²) < 4.78 is 0. The molecule has 0 fully saturated rings. The van der Waals surface area contributed by atoms with Crippen molar-refractivity contribution in [2.24, 2.45) is 10.8 Å². The van der Waals surface area contributed by atoms with E-state index in [1.807, 2.05) is 0 Å². The Bertz CT molecular complexity index is 308. The van der Waals surface area contributed by atoms with Gasteiger partial charge < -0.3 is 15.0 Å². The van der Waals surface area contributed by atoms with Gasteiger partial charge in [-0.25, -0.2) is 0 Å². The summed E-state index contributed by atoms with van der Waals surface area (Å²) in [6.45, 7) is 8.60. The lowest BCUT2D eigenvalue weighted by molar-refractivity contribution is -0.109. The molecule has 2 N–H and O–H groups in total. The van der Waals surface area contributed by atoms with Gasteiger partial charge in [0.05, 0.1) is 0 Å². The van der Waals surface area contributed by atoms with Crippen molar-refractivity contribution in [2.45, 2.75) is 117 Å². The first-order valence-electron chi connectivity index (χ1n) is 9.98. The minimum absolute atomic E-state index is 0.0335. The summed E-state index contributed by atoms with van der Waals surface area (Å²) in [7, 11) is 0. The van der Waals surface area contributed by atoms with E-state index in [4.69, 9.17) is 10.2 Å². The Morgan fingerprint density at radius 3 is 1.46 bits per heavy atom. The highest BCUT2D eigenvalue weighted by Crippen LogP contribution is 2.29. The molecular formula is C21H42O3. The monoisotopic (exact) mass is 342 g/mol. The highest BCUT2D eigenvalue weighted by atomic mass is 16.5. The van der Waals surface area contributed by atoms with E-state index in [9.17, 15) is 4.79 Å². The number of aliphatic hydroxyl groups is 2. The Hall–Kier alpha value is -0.410.